The molecule has 0 atom stereocenters. The fourth-order valence-corrected chi connectivity index (χ4v) is 1.78. The van der Waals surface area contributed by atoms with Crippen LogP contribution in [0.25, 0.3) is 0 Å². The minimum Gasteiger partial charge on any atom is -0.478 e. The van der Waals surface area contributed by atoms with Gasteiger partial charge < -0.3 is 5.11 Å². The summed E-state index contributed by atoms with van der Waals surface area (Å²) in [5.74, 6) is -4.28. The van der Waals surface area contributed by atoms with E-state index in [1.54, 1.807) is 6.07 Å². The van der Waals surface area contributed by atoms with Crippen molar-refractivity contribution in [2.24, 2.45) is 0 Å². The second-order valence-corrected chi connectivity index (χ2v) is 4.18. The molecule has 2 rings (SSSR count). The highest BCUT2D eigenvalue weighted by Gasteiger charge is 2.33. The van der Waals surface area contributed by atoms with Crippen molar-refractivity contribution in [3.63, 3.8) is 0 Å². The molecule has 0 radical (unpaired) electrons. The molecule has 0 bridgehead atoms. The fourth-order valence-electron chi connectivity index (χ4n) is 1.78. The Labute approximate surface area is 108 Å². The van der Waals surface area contributed by atoms with E-state index in [2.05, 4.69) is 5.10 Å². The molecule has 0 aliphatic carbocycles. The van der Waals surface area contributed by atoms with Crippen LogP contribution in [0.1, 0.15) is 21.6 Å². The van der Waals surface area contributed by atoms with Gasteiger partial charge in [-0.2, -0.15) is 13.9 Å². The van der Waals surface area contributed by atoms with Crippen LogP contribution in [0.3, 0.4) is 0 Å². The molecule has 0 aliphatic rings. The third-order valence-corrected chi connectivity index (χ3v) is 2.88. The molecule has 0 saturated carbocycles. The van der Waals surface area contributed by atoms with Gasteiger partial charge in [0.25, 0.3) is 5.92 Å². The van der Waals surface area contributed by atoms with Crippen LogP contribution < -0.4 is 0 Å². The molecule has 0 saturated heterocycles. The van der Waals surface area contributed by atoms with E-state index in [-0.39, 0.29) is 16.8 Å². The highest BCUT2D eigenvalue weighted by Crippen LogP contribution is 2.30. The summed E-state index contributed by atoms with van der Waals surface area (Å²) in [4.78, 5) is 10.8. The number of nitrogens with zero attached hydrogens (tertiary/aromatic N) is 2. The Morgan fingerprint density at radius 2 is 2.00 bits per heavy atom. The summed E-state index contributed by atoms with van der Waals surface area (Å²) in [6.45, 7) is 0.771. The Balaban J connectivity index is 2.28. The Kier molecular flexibility index (Phi) is 3.33. The van der Waals surface area contributed by atoms with Gasteiger partial charge in [-0.3, -0.25) is 4.68 Å². The Morgan fingerprint density at radius 1 is 1.37 bits per heavy atom. The molecule has 1 aromatic carbocycles. The largest absolute Gasteiger partial charge is 0.478 e. The second-order valence-electron chi connectivity index (χ2n) is 4.18. The van der Waals surface area contributed by atoms with Gasteiger partial charge in [0.1, 0.15) is 12.1 Å². The zero-order chi connectivity index (χ0) is 14.0. The maximum Gasteiger partial charge on any atom is 0.339 e. The number of carboxylic acid groups (broad SMARTS) is 1. The number of aromatic nitrogens is 2. The van der Waals surface area contributed by atoms with Crippen molar-refractivity contribution in [2.45, 2.75) is 19.4 Å². The predicted octanol–water partition coefficient (Wildman–Crippen LogP) is 2.68. The van der Waals surface area contributed by atoms with Crippen molar-refractivity contribution in [1.29, 1.82) is 0 Å². The van der Waals surface area contributed by atoms with Crippen LogP contribution in [0.2, 0.25) is 0 Å². The molecular formula is C13H12F2N2O2. The molecule has 1 heterocycles. The third-order valence-electron chi connectivity index (χ3n) is 2.88. The highest BCUT2D eigenvalue weighted by atomic mass is 19.3. The summed E-state index contributed by atoms with van der Waals surface area (Å²) in [6, 6.07) is 7.37. The summed E-state index contributed by atoms with van der Waals surface area (Å²) < 4.78 is 29.1. The lowest BCUT2D eigenvalue weighted by Crippen LogP contribution is -2.23. The van der Waals surface area contributed by atoms with E-state index in [1.807, 2.05) is 0 Å². The first-order valence-electron chi connectivity index (χ1n) is 5.61. The first-order valence-corrected chi connectivity index (χ1v) is 5.61. The number of alkyl halides is 2. The Bertz CT molecular complexity index is 594. The number of rotatable bonds is 4. The van der Waals surface area contributed by atoms with Crippen LogP contribution in [0.15, 0.2) is 36.5 Å². The van der Waals surface area contributed by atoms with E-state index in [1.165, 1.54) is 31.2 Å². The average molecular weight is 266 g/mol. The van der Waals surface area contributed by atoms with E-state index < -0.39 is 18.4 Å². The molecule has 6 heteroatoms. The normalized spacial score (nSPS) is 11.5. The summed E-state index contributed by atoms with van der Waals surface area (Å²) in [6.07, 6.45) is 1.08. The van der Waals surface area contributed by atoms with E-state index in [0.29, 0.717) is 0 Å². The monoisotopic (exact) mass is 266 g/mol. The van der Waals surface area contributed by atoms with Gasteiger partial charge in [-0.15, -0.1) is 0 Å². The minimum absolute atomic E-state index is 0.0659. The van der Waals surface area contributed by atoms with Crippen molar-refractivity contribution in [2.75, 3.05) is 0 Å². The van der Waals surface area contributed by atoms with Crippen LogP contribution in [0, 0.1) is 6.92 Å². The van der Waals surface area contributed by atoms with Gasteiger partial charge in [-0.25, -0.2) is 4.79 Å². The lowest BCUT2D eigenvalue weighted by Gasteiger charge is -2.17. The maximum absolute atomic E-state index is 14.0. The molecule has 0 amide bonds. The fraction of sp³-hybridized carbons (Fsp3) is 0.231. The number of carbonyl (C=O) groups is 1. The molecule has 100 valence electrons. The molecule has 1 N–H and O–H groups in total. The lowest BCUT2D eigenvalue weighted by molar-refractivity contribution is -0.0260. The average Bonchev–Trinajstić information content (AvgIpc) is 2.72. The summed E-state index contributed by atoms with van der Waals surface area (Å²) >= 11 is 0. The van der Waals surface area contributed by atoms with Gasteiger partial charge >= 0.3 is 5.97 Å². The third kappa shape index (κ3) is 2.62. The van der Waals surface area contributed by atoms with Crippen molar-refractivity contribution >= 4 is 5.97 Å². The van der Waals surface area contributed by atoms with Crippen molar-refractivity contribution < 1.29 is 18.7 Å². The number of aromatic carboxylic acids is 1. The molecular weight excluding hydrogens is 254 g/mol. The smallest absolute Gasteiger partial charge is 0.339 e. The predicted molar refractivity (Wildman–Crippen MR) is 64.3 cm³/mol. The number of hydrogen-bond donors (Lipinski definition) is 1. The Hall–Kier alpha value is -2.24. The van der Waals surface area contributed by atoms with Gasteiger partial charge in [-0.05, 0) is 6.92 Å². The van der Waals surface area contributed by atoms with Crippen molar-refractivity contribution in [1.82, 2.24) is 9.78 Å². The van der Waals surface area contributed by atoms with Crippen LogP contribution >= 0.6 is 0 Å². The number of halogens is 2. The number of hydrogen-bond acceptors (Lipinski definition) is 2. The molecule has 0 spiro atoms. The first-order chi connectivity index (χ1) is 8.92. The molecule has 4 nitrogen and oxygen atoms in total. The van der Waals surface area contributed by atoms with E-state index >= 15 is 0 Å². The van der Waals surface area contributed by atoms with E-state index in [9.17, 15) is 13.6 Å². The summed E-state index contributed by atoms with van der Waals surface area (Å²) in [7, 11) is 0. The van der Waals surface area contributed by atoms with Gasteiger partial charge in [0.05, 0.1) is 11.9 Å². The zero-order valence-electron chi connectivity index (χ0n) is 10.2. The van der Waals surface area contributed by atoms with Gasteiger partial charge in [-0.1, -0.05) is 30.3 Å². The van der Waals surface area contributed by atoms with E-state index in [4.69, 9.17) is 5.11 Å². The lowest BCUT2D eigenvalue weighted by atomic mass is 10.1. The molecule has 2 aromatic rings. The van der Waals surface area contributed by atoms with Crippen LogP contribution in [-0.4, -0.2) is 20.9 Å². The molecule has 0 aliphatic heterocycles. The molecule has 1 aromatic heterocycles. The standard InChI is InChI=1S/C13H12F2N2O2/c1-9-11(12(18)19)7-16-17(9)8-13(14,15)10-5-3-2-4-6-10/h2-7H,8H2,1H3,(H,18,19). The van der Waals surface area contributed by atoms with Gasteiger partial charge in [0, 0.05) is 5.56 Å². The van der Waals surface area contributed by atoms with Gasteiger partial charge in [0.15, 0.2) is 0 Å². The van der Waals surface area contributed by atoms with Crippen LogP contribution in [0.5, 0.6) is 0 Å². The quantitative estimate of drug-likeness (QED) is 0.925. The first kappa shape index (κ1) is 13.2. The maximum atomic E-state index is 14.0. The zero-order valence-corrected chi connectivity index (χ0v) is 10.2. The minimum atomic E-state index is -3.10. The summed E-state index contributed by atoms with van der Waals surface area (Å²) in [5, 5.41) is 12.6. The van der Waals surface area contributed by atoms with E-state index in [0.717, 1.165) is 10.9 Å². The number of carboxylic acids is 1. The topological polar surface area (TPSA) is 55.1 Å². The molecule has 0 unspecified atom stereocenters. The van der Waals surface area contributed by atoms with Crippen LogP contribution in [0.4, 0.5) is 8.78 Å². The highest BCUT2D eigenvalue weighted by molar-refractivity contribution is 5.88. The summed E-state index contributed by atoms with van der Waals surface area (Å²) in [5.41, 5.74) is 0.0220. The van der Waals surface area contributed by atoms with Crippen molar-refractivity contribution in [3.8, 4) is 0 Å². The van der Waals surface area contributed by atoms with Gasteiger partial charge in [0.2, 0.25) is 0 Å². The molecule has 0 fully saturated rings. The van der Waals surface area contributed by atoms with Crippen LogP contribution in [-0.2, 0) is 12.5 Å². The second kappa shape index (κ2) is 4.79. The molecule has 19 heavy (non-hydrogen) atoms. The number of benzene rings is 1. The van der Waals surface area contributed by atoms with Crippen molar-refractivity contribution in [3.05, 3.63) is 53.3 Å². The Morgan fingerprint density at radius 3 is 2.53 bits per heavy atom. The SMILES string of the molecule is Cc1c(C(=O)O)cnn1CC(F)(F)c1ccccc1.